The first-order valence-corrected chi connectivity index (χ1v) is 9.76. The molecule has 0 aliphatic heterocycles. The summed E-state index contributed by atoms with van der Waals surface area (Å²) in [6.07, 6.45) is 1.19. The first-order chi connectivity index (χ1) is 13.7. The lowest BCUT2D eigenvalue weighted by Gasteiger charge is -2.19. The molecule has 8 heteroatoms. The van der Waals surface area contributed by atoms with Crippen LogP contribution in [0.25, 0.3) is 21.7 Å². The van der Waals surface area contributed by atoms with Gasteiger partial charge in [0.2, 0.25) is 0 Å². The van der Waals surface area contributed by atoms with Crippen molar-refractivity contribution in [3.8, 4) is 5.75 Å². The molecule has 2 aromatic heterocycles. The number of hydrogen-bond donors (Lipinski definition) is 2. The number of amides is 1. The van der Waals surface area contributed by atoms with E-state index in [1.54, 1.807) is 23.9 Å². The number of rotatable bonds is 6. The fourth-order valence-corrected chi connectivity index (χ4v) is 3.78. The lowest BCUT2D eigenvalue weighted by atomic mass is 10.0. The van der Waals surface area contributed by atoms with Crippen molar-refractivity contribution in [2.24, 2.45) is 13.0 Å². The van der Waals surface area contributed by atoms with Crippen molar-refractivity contribution in [2.45, 2.75) is 33.2 Å². The molecule has 2 atom stereocenters. The summed E-state index contributed by atoms with van der Waals surface area (Å²) in [7, 11) is 1.71. The zero-order valence-electron chi connectivity index (χ0n) is 16.8. The molecular formula is C21H24ClN3O4. The molecule has 0 bridgehead atoms. The van der Waals surface area contributed by atoms with Crippen LogP contribution in [0.3, 0.4) is 0 Å². The van der Waals surface area contributed by atoms with Crippen LogP contribution in [0.1, 0.15) is 26.0 Å². The smallest absolute Gasteiger partial charge is 0.404 e. The molecular weight excluding hydrogens is 394 g/mol. The van der Waals surface area contributed by atoms with Crippen molar-refractivity contribution in [2.75, 3.05) is 6.61 Å². The van der Waals surface area contributed by atoms with E-state index in [4.69, 9.17) is 21.4 Å². The summed E-state index contributed by atoms with van der Waals surface area (Å²) in [4.78, 5) is 27.7. The van der Waals surface area contributed by atoms with Gasteiger partial charge in [-0.15, -0.1) is 0 Å². The average Bonchev–Trinajstić information content (AvgIpc) is 2.64. The van der Waals surface area contributed by atoms with Gasteiger partial charge in [-0.25, -0.2) is 4.79 Å². The molecule has 0 saturated heterocycles. The number of nitrogens with one attached hydrogen (secondary N) is 1. The zero-order chi connectivity index (χ0) is 21.3. The van der Waals surface area contributed by atoms with Crippen LogP contribution in [0.4, 0.5) is 4.79 Å². The molecule has 0 radical (unpaired) electrons. The number of nitrogens with zero attached hydrogens (tertiary/aromatic N) is 2. The Morgan fingerprint density at radius 3 is 2.69 bits per heavy atom. The molecule has 1 amide bonds. The Labute approximate surface area is 173 Å². The van der Waals surface area contributed by atoms with E-state index in [0.29, 0.717) is 29.2 Å². The number of halogens is 1. The quantitative estimate of drug-likeness (QED) is 0.588. The normalized spacial score (nSPS) is 13.4. The number of fused-ring (bicyclic) bond motifs is 3. The molecule has 3 rings (SSSR count). The molecule has 7 nitrogen and oxygen atoms in total. The average molecular weight is 418 g/mol. The number of aromatic nitrogens is 2. The van der Waals surface area contributed by atoms with Gasteiger partial charge >= 0.3 is 6.09 Å². The van der Waals surface area contributed by atoms with E-state index >= 15 is 0 Å². The molecule has 0 spiro atoms. The number of pyridine rings is 2. The minimum Gasteiger partial charge on any atom is -0.492 e. The van der Waals surface area contributed by atoms with E-state index < -0.39 is 6.09 Å². The molecule has 0 fully saturated rings. The molecule has 2 N–H and O–H groups in total. The Hall–Kier alpha value is -2.80. The summed E-state index contributed by atoms with van der Waals surface area (Å²) in [6.45, 7) is 6.05. The standard InChI is InChI=1S/C21H24ClN3O4/c1-11(5-13(3)24-21(27)28)10-29-19-8-18-15(7-17(19)22)14-6-12(2)23-9-16(14)20(26)25(18)4/h6-9,11,13,24H,5,10H2,1-4H3,(H,27,28). The predicted molar refractivity (Wildman–Crippen MR) is 114 cm³/mol. The number of carbonyl (C=O) groups is 1. The van der Waals surface area contributed by atoms with Gasteiger partial charge in [-0.05, 0) is 43.7 Å². The Bertz CT molecular complexity index is 1140. The molecule has 0 aliphatic carbocycles. The molecule has 0 saturated carbocycles. The van der Waals surface area contributed by atoms with Gasteiger partial charge in [0, 0.05) is 36.4 Å². The highest BCUT2D eigenvalue weighted by atomic mass is 35.5. The topological polar surface area (TPSA) is 93.5 Å². The second-order valence-corrected chi connectivity index (χ2v) is 7.94. The van der Waals surface area contributed by atoms with Crippen LogP contribution < -0.4 is 15.6 Å². The molecule has 3 aromatic rings. The summed E-state index contributed by atoms with van der Waals surface area (Å²) in [5.74, 6) is 0.600. The monoisotopic (exact) mass is 417 g/mol. The second kappa shape index (κ2) is 8.29. The predicted octanol–water partition coefficient (Wildman–Crippen LogP) is 4.11. The molecule has 0 aliphatic rings. The van der Waals surface area contributed by atoms with Crippen molar-refractivity contribution >= 4 is 39.4 Å². The summed E-state index contributed by atoms with van der Waals surface area (Å²) < 4.78 is 7.48. The van der Waals surface area contributed by atoms with Crippen LogP contribution in [0.15, 0.2) is 29.2 Å². The Balaban J connectivity index is 1.91. The van der Waals surface area contributed by atoms with Gasteiger partial charge in [0.15, 0.2) is 0 Å². The van der Waals surface area contributed by atoms with Crippen molar-refractivity contribution in [3.05, 3.63) is 45.5 Å². The van der Waals surface area contributed by atoms with E-state index in [-0.39, 0.29) is 17.5 Å². The molecule has 2 heterocycles. The minimum absolute atomic E-state index is 0.109. The number of benzene rings is 1. The van der Waals surface area contributed by atoms with Crippen LogP contribution in [0, 0.1) is 12.8 Å². The van der Waals surface area contributed by atoms with Gasteiger partial charge in [-0.3, -0.25) is 9.78 Å². The van der Waals surface area contributed by atoms with Crippen LogP contribution in [0.2, 0.25) is 5.02 Å². The maximum absolute atomic E-state index is 12.7. The third-order valence-corrected chi connectivity index (χ3v) is 5.22. The van der Waals surface area contributed by atoms with Crippen LogP contribution in [0.5, 0.6) is 5.75 Å². The largest absolute Gasteiger partial charge is 0.492 e. The van der Waals surface area contributed by atoms with Crippen molar-refractivity contribution < 1.29 is 14.6 Å². The van der Waals surface area contributed by atoms with Crippen LogP contribution >= 0.6 is 11.6 Å². The first-order valence-electron chi connectivity index (χ1n) is 9.38. The van der Waals surface area contributed by atoms with Crippen LogP contribution in [-0.4, -0.2) is 33.4 Å². The first kappa shape index (κ1) is 20.9. The van der Waals surface area contributed by atoms with E-state index in [1.165, 1.54) is 0 Å². The van der Waals surface area contributed by atoms with E-state index in [0.717, 1.165) is 22.0 Å². The maximum Gasteiger partial charge on any atom is 0.404 e. The van der Waals surface area contributed by atoms with Gasteiger partial charge in [0.25, 0.3) is 5.56 Å². The maximum atomic E-state index is 12.7. The summed E-state index contributed by atoms with van der Waals surface area (Å²) in [5, 5.41) is 13.9. The Morgan fingerprint density at radius 1 is 1.28 bits per heavy atom. The highest BCUT2D eigenvalue weighted by Crippen LogP contribution is 2.33. The van der Waals surface area contributed by atoms with Gasteiger partial charge in [-0.1, -0.05) is 18.5 Å². The van der Waals surface area contributed by atoms with Gasteiger partial charge in [-0.2, -0.15) is 0 Å². The SMILES string of the molecule is Cc1cc2c(cn1)c(=O)n(C)c1cc(OCC(C)CC(C)NC(=O)O)c(Cl)cc21. The summed E-state index contributed by atoms with van der Waals surface area (Å²) >= 11 is 6.48. The molecule has 2 unspecified atom stereocenters. The lowest BCUT2D eigenvalue weighted by molar-refractivity contribution is 0.185. The molecule has 154 valence electrons. The van der Waals surface area contributed by atoms with Gasteiger partial charge in [0.1, 0.15) is 5.75 Å². The zero-order valence-corrected chi connectivity index (χ0v) is 17.6. The number of ether oxygens (including phenoxy) is 1. The van der Waals surface area contributed by atoms with Crippen molar-refractivity contribution in [1.29, 1.82) is 0 Å². The summed E-state index contributed by atoms with van der Waals surface area (Å²) in [6, 6.07) is 5.30. The lowest BCUT2D eigenvalue weighted by Crippen LogP contribution is -2.33. The Kier molecular flexibility index (Phi) is 5.98. The van der Waals surface area contributed by atoms with Crippen LogP contribution in [-0.2, 0) is 7.05 Å². The second-order valence-electron chi connectivity index (χ2n) is 7.54. The fraction of sp³-hybridized carbons (Fsp3) is 0.381. The molecule has 29 heavy (non-hydrogen) atoms. The minimum atomic E-state index is -1.04. The highest BCUT2D eigenvalue weighted by Gasteiger charge is 2.15. The highest BCUT2D eigenvalue weighted by molar-refractivity contribution is 6.33. The summed E-state index contributed by atoms with van der Waals surface area (Å²) in [5.41, 5.74) is 1.41. The number of hydrogen-bond acceptors (Lipinski definition) is 4. The van der Waals surface area contributed by atoms with E-state index in [1.807, 2.05) is 32.9 Å². The van der Waals surface area contributed by atoms with Crippen molar-refractivity contribution in [3.63, 3.8) is 0 Å². The van der Waals surface area contributed by atoms with Crippen molar-refractivity contribution in [1.82, 2.24) is 14.9 Å². The van der Waals surface area contributed by atoms with Gasteiger partial charge < -0.3 is 19.7 Å². The third kappa shape index (κ3) is 4.45. The molecule has 1 aromatic carbocycles. The fourth-order valence-electron chi connectivity index (χ4n) is 3.56. The van der Waals surface area contributed by atoms with E-state index in [9.17, 15) is 9.59 Å². The third-order valence-electron chi connectivity index (χ3n) is 4.93. The Morgan fingerprint density at radius 2 is 2.00 bits per heavy atom. The number of aryl methyl sites for hydroxylation is 2. The van der Waals surface area contributed by atoms with E-state index in [2.05, 4.69) is 10.3 Å². The van der Waals surface area contributed by atoms with Gasteiger partial charge in [0.05, 0.1) is 22.5 Å². The number of carboxylic acid groups (broad SMARTS) is 1.